The third-order valence-electron chi connectivity index (χ3n) is 15.8. The summed E-state index contributed by atoms with van der Waals surface area (Å²) in [6.45, 7) is 12.7. The van der Waals surface area contributed by atoms with E-state index in [1.807, 2.05) is 0 Å². The zero-order chi connectivity index (χ0) is 54.2. The molecule has 0 unspecified atom stereocenters. The Morgan fingerprint density at radius 3 is 0.662 bits per heavy atom. The van der Waals surface area contributed by atoms with E-state index < -0.39 is 0 Å². The van der Waals surface area contributed by atoms with Gasteiger partial charge in [0.1, 0.15) is 11.6 Å². The molecular formula is C74H56N6. The van der Waals surface area contributed by atoms with E-state index in [4.69, 9.17) is 19.9 Å². The van der Waals surface area contributed by atoms with E-state index in [-0.39, 0.29) is 0 Å². The number of pyridine rings is 1. The molecule has 0 saturated heterocycles. The first kappa shape index (κ1) is 48.3. The lowest BCUT2D eigenvalue weighted by Crippen LogP contribution is -2.06. The number of aromatic nitrogens is 6. The van der Waals surface area contributed by atoms with Crippen LogP contribution in [0, 0.1) is 41.5 Å². The number of nitrogens with zero attached hydrogens (tertiary/aromatic N) is 6. The number of hydrogen-bond donors (Lipinski definition) is 0. The van der Waals surface area contributed by atoms with Crippen LogP contribution in [-0.4, -0.2) is 29.1 Å². The summed E-state index contributed by atoms with van der Waals surface area (Å²) in [7, 11) is 0. The van der Waals surface area contributed by atoms with Gasteiger partial charge in [-0.2, -0.15) is 0 Å². The standard InChI is InChI=1S/C74H56N6/c1-45-7-19-51(20-8-45)57-31-35-66-62(39-57)63-40-58(52-21-9-46(2)10-22-52)32-36-67(63)79(66)70-43-61(74-77-72(55-27-15-49(5)16-28-55)76-73(78-74)56-29-17-50(6)18-30-56)44-71(75-70)80-68-37-33-59(53-23-11-47(3)12-24-53)41-64(68)65-42-60(34-38-69(65)80)54-25-13-48(4)14-26-54/h7-44H,1-6H3. The van der Waals surface area contributed by atoms with Crippen LogP contribution >= 0.6 is 0 Å². The second-order valence-electron chi connectivity index (χ2n) is 21.7. The van der Waals surface area contributed by atoms with Gasteiger partial charge in [-0.05, 0) is 147 Å². The van der Waals surface area contributed by atoms with Crippen molar-refractivity contribution in [3.8, 4) is 90.3 Å². The van der Waals surface area contributed by atoms with Crippen molar-refractivity contribution in [3.05, 3.63) is 264 Å². The highest BCUT2D eigenvalue weighted by Gasteiger charge is 2.23. The number of aryl methyl sites for hydroxylation is 6. The fourth-order valence-corrected chi connectivity index (χ4v) is 11.3. The van der Waals surface area contributed by atoms with Crippen molar-refractivity contribution in [1.82, 2.24) is 29.1 Å². The van der Waals surface area contributed by atoms with E-state index in [0.29, 0.717) is 17.5 Å². The summed E-state index contributed by atoms with van der Waals surface area (Å²) in [6.07, 6.45) is 0. The van der Waals surface area contributed by atoms with Gasteiger partial charge in [0.2, 0.25) is 0 Å². The predicted octanol–water partition coefficient (Wildman–Crippen LogP) is 19.0. The highest BCUT2D eigenvalue weighted by Crippen LogP contribution is 2.41. The van der Waals surface area contributed by atoms with E-state index in [1.165, 1.54) is 44.5 Å². The molecule has 6 nitrogen and oxygen atoms in total. The fourth-order valence-electron chi connectivity index (χ4n) is 11.3. The summed E-state index contributed by atoms with van der Waals surface area (Å²) in [4.78, 5) is 21.8. The van der Waals surface area contributed by atoms with Gasteiger partial charge in [-0.3, -0.25) is 9.13 Å². The molecule has 0 N–H and O–H groups in total. The molecule has 4 heterocycles. The summed E-state index contributed by atoms with van der Waals surface area (Å²) in [5.74, 6) is 3.21. The molecule has 0 aliphatic heterocycles. The topological polar surface area (TPSA) is 61.4 Å². The van der Waals surface area contributed by atoms with Gasteiger partial charge < -0.3 is 0 Å². The molecule has 0 aliphatic carbocycles. The molecule has 80 heavy (non-hydrogen) atoms. The molecule has 14 rings (SSSR count). The van der Waals surface area contributed by atoms with E-state index in [2.05, 4.69) is 281 Å². The van der Waals surface area contributed by atoms with Gasteiger partial charge in [0, 0.05) is 38.2 Å². The molecule has 0 atom stereocenters. The Balaban J connectivity index is 1.07. The second kappa shape index (κ2) is 19.5. The van der Waals surface area contributed by atoms with Crippen LogP contribution in [0.5, 0.6) is 0 Å². The molecule has 0 aliphatic rings. The molecular weight excluding hydrogens is 973 g/mol. The number of hydrogen-bond acceptors (Lipinski definition) is 4. The van der Waals surface area contributed by atoms with Gasteiger partial charge in [0.05, 0.1) is 22.1 Å². The van der Waals surface area contributed by atoms with Crippen molar-refractivity contribution in [2.45, 2.75) is 41.5 Å². The third-order valence-corrected chi connectivity index (χ3v) is 15.8. The summed E-state index contributed by atoms with van der Waals surface area (Å²) < 4.78 is 4.66. The highest BCUT2D eigenvalue weighted by atomic mass is 15.1. The molecule has 0 radical (unpaired) electrons. The van der Waals surface area contributed by atoms with Gasteiger partial charge >= 0.3 is 0 Å². The maximum atomic E-state index is 5.84. The first-order valence-electron chi connectivity index (χ1n) is 27.4. The second-order valence-corrected chi connectivity index (χ2v) is 21.7. The number of fused-ring (bicyclic) bond motifs is 6. The normalized spacial score (nSPS) is 11.6. The fraction of sp³-hybridized carbons (Fsp3) is 0.0811. The van der Waals surface area contributed by atoms with Crippen LogP contribution in [-0.2, 0) is 0 Å². The Bertz CT molecular complexity index is 4200. The molecule has 0 amide bonds. The van der Waals surface area contributed by atoms with Gasteiger partial charge in [-0.1, -0.05) is 203 Å². The predicted molar refractivity (Wildman–Crippen MR) is 333 cm³/mol. The van der Waals surface area contributed by atoms with Crippen molar-refractivity contribution in [3.63, 3.8) is 0 Å². The lowest BCUT2D eigenvalue weighted by Gasteiger charge is -2.15. The van der Waals surface area contributed by atoms with Crippen molar-refractivity contribution in [2.75, 3.05) is 0 Å². The zero-order valence-electron chi connectivity index (χ0n) is 45.6. The van der Waals surface area contributed by atoms with E-state index in [1.54, 1.807) is 0 Å². The van der Waals surface area contributed by atoms with Crippen molar-refractivity contribution >= 4 is 43.6 Å². The highest BCUT2D eigenvalue weighted by molar-refractivity contribution is 6.13. The maximum Gasteiger partial charge on any atom is 0.164 e. The molecule has 0 fully saturated rings. The van der Waals surface area contributed by atoms with Crippen LogP contribution in [0.2, 0.25) is 0 Å². The minimum absolute atomic E-state index is 0.546. The molecule has 382 valence electrons. The van der Waals surface area contributed by atoms with Crippen LogP contribution in [0.15, 0.2) is 231 Å². The summed E-state index contributed by atoms with van der Waals surface area (Å²) in [5.41, 5.74) is 23.3. The maximum absolute atomic E-state index is 5.84. The van der Waals surface area contributed by atoms with Gasteiger partial charge in [-0.15, -0.1) is 0 Å². The Hall–Kier alpha value is -10.0. The minimum atomic E-state index is 0.546. The summed E-state index contributed by atoms with van der Waals surface area (Å²) in [5, 5.41) is 4.53. The Morgan fingerprint density at radius 2 is 0.412 bits per heavy atom. The van der Waals surface area contributed by atoms with Crippen LogP contribution < -0.4 is 0 Å². The molecule has 0 spiro atoms. The van der Waals surface area contributed by atoms with E-state index in [9.17, 15) is 0 Å². The van der Waals surface area contributed by atoms with Crippen molar-refractivity contribution in [2.24, 2.45) is 0 Å². The third kappa shape index (κ3) is 8.81. The van der Waals surface area contributed by atoms with Crippen molar-refractivity contribution < 1.29 is 0 Å². The van der Waals surface area contributed by atoms with Crippen LogP contribution in [0.4, 0.5) is 0 Å². The van der Waals surface area contributed by atoms with Crippen LogP contribution in [0.3, 0.4) is 0 Å². The zero-order valence-corrected chi connectivity index (χ0v) is 45.6. The Labute approximate surface area is 466 Å². The van der Waals surface area contributed by atoms with Crippen LogP contribution in [0.1, 0.15) is 33.4 Å². The Kier molecular flexibility index (Phi) is 11.8. The largest absolute Gasteiger partial charge is 0.294 e. The van der Waals surface area contributed by atoms with E-state index >= 15 is 0 Å². The number of rotatable bonds is 9. The summed E-state index contributed by atoms with van der Waals surface area (Å²) in [6, 6.07) is 83.8. The quantitative estimate of drug-likeness (QED) is 0.145. The molecule has 10 aromatic carbocycles. The molecule has 0 saturated carbocycles. The number of benzene rings is 10. The molecule has 0 bridgehead atoms. The summed E-state index contributed by atoms with van der Waals surface area (Å²) >= 11 is 0. The first-order chi connectivity index (χ1) is 39.0. The SMILES string of the molecule is Cc1ccc(-c2ccc3c(c2)c2cc(-c4ccc(C)cc4)ccc2n3-c2cc(-c3nc(-c4ccc(C)cc4)nc(-c4ccc(C)cc4)n3)cc(-n3c4ccc(-c5ccc(C)cc5)cc4c4cc(-c5ccc(C)cc5)ccc43)n2)cc1. The van der Waals surface area contributed by atoms with Gasteiger partial charge in [0.15, 0.2) is 17.5 Å². The molecule has 6 heteroatoms. The monoisotopic (exact) mass is 1030 g/mol. The van der Waals surface area contributed by atoms with Gasteiger partial charge in [0.25, 0.3) is 0 Å². The molecule has 14 aromatic rings. The van der Waals surface area contributed by atoms with Crippen molar-refractivity contribution in [1.29, 1.82) is 0 Å². The minimum Gasteiger partial charge on any atom is -0.294 e. The van der Waals surface area contributed by atoms with E-state index in [0.717, 1.165) is 105 Å². The molecule has 4 aromatic heterocycles. The Morgan fingerprint density at radius 1 is 0.200 bits per heavy atom. The average molecular weight is 1030 g/mol. The average Bonchev–Trinajstić information content (AvgIpc) is 4.02. The lowest BCUT2D eigenvalue weighted by molar-refractivity contribution is 1.01. The first-order valence-corrected chi connectivity index (χ1v) is 27.4. The lowest BCUT2D eigenvalue weighted by atomic mass is 9.99. The van der Waals surface area contributed by atoms with Gasteiger partial charge in [-0.25, -0.2) is 19.9 Å². The smallest absolute Gasteiger partial charge is 0.164 e. The van der Waals surface area contributed by atoms with Crippen LogP contribution in [0.25, 0.3) is 134 Å².